The Kier molecular flexibility index (Phi) is 3.61. The summed E-state index contributed by atoms with van der Waals surface area (Å²) in [4.78, 5) is 8.14. The third-order valence-corrected chi connectivity index (χ3v) is 4.00. The summed E-state index contributed by atoms with van der Waals surface area (Å²) >= 11 is 1.50. The molecule has 0 aliphatic heterocycles. The minimum Gasteiger partial charge on any atom is -0.365 e. The van der Waals surface area contributed by atoms with E-state index in [1.807, 2.05) is 12.1 Å². The summed E-state index contributed by atoms with van der Waals surface area (Å²) in [6.07, 6.45) is -3.57. The van der Waals surface area contributed by atoms with Gasteiger partial charge in [0.15, 0.2) is 5.13 Å². The van der Waals surface area contributed by atoms with Crippen LogP contribution in [-0.4, -0.2) is 17.0 Å². The monoisotopic (exact) mass is 324 g/mol. The van der Waals surface area contributed by atoms with Crippen molar-refractivity contribution in [3.8, 4) is 0 Å². The standard InChI is InChI=1S/C14H11F3N4S/c1-18-13-21-10-4-3-9(6-11(10)22-13)20-12-5-2-8(7-19-12)14(15,16)17/h2-7H,1H3,(H,18,21)(H,19,20). The molecule has 3 aromatic rings. The average molecular weight is 324 g/mol. The zero-order valence-corrected chi connectivity index (χ0v) is 12.2. The van der Waals surface area contributed by atoms with Crippen LogP contribution in [0.5, 0.6) is 0 Å². The highest BCUT2D eigenvalue weighted by molar-refractivity contribution is 7.22. The minimum atomic E-state index is -4.38. The van der Waals surface area contributed by atoms with Crippen molar-refractivity contribution in [1.82, 2.24) is 9.97 Å². The maximum atomic E-state index is 12.5. The molecule has 0 radical (unpaired) electrons. The predicted molar refractivity (Wildman–Crippen MR) is 81.7 cm³/mol. The summed E-state index contributed by atoms with van der Waals surface area (Å²) in [5.41, 5.74) is 0.834. The second kappa shape index (κ2) is 5.45. The van der Waals surface area contributed by atoms with Gasteiger partial charge in [-0.3, -0.25) is 0 Å². The summed E-state index contributed by atoms with van der Waals surface area (Å²) in [5.74, 6) is 0.353. The van der Waals surface area contributed by atoms with Crippen molar-refractivity contribution in [2.45, 2.75) is 6.18 Å². The van der Waals surface area contributed by atoms with Crippen LogP contribution in [0.15, 0.2) is 36.5 Å². The van der Waals surface area contributed by atoms with Gasteiger partial charge in [0.25, 0.3) is 0 Å². The molecule has 2 aromatic heterocycles. The van der Waals surface area contributed by atoms with E-state index in [1.165, 1.54) is 17.4 Å². The number of pyridine rings is 1. The van der Waals surface area contributed by atoms with Gasteiger partial charge in [-0.15, -0.1) is 0 Å². The summed E-state index contributed by atoms with van der Waals surface area (Å²) < 4.78 is 38.4. The zero-order chi connectivity index (χ0) is 15.7. The van der Waals surface area contributed by atoms with Gasteiger partial charge in [-0.2, -0.15) is 13.2 Å². The average Bonchev–Trinajstić information content (AvgIpc) is 2.89. The van der Waals surface area contributed by atoms with Crippen LogP contribution in [0, 0.1) is 0 Å². The van der Waals surface area contributed by atoms with Crippen LogP contribution in [0.2, 0.25) is 0 Å². The van der Waals surface area contributed by atoms with Crippen LogP contribution in [0.3, 0.4) is 0 Å². The molecule has 1 aromatic carbocycles. The molecule has 0 amide bonds. The Morgan fingerprint density at radius 3 is 2.59 bits per heavy atom. The quantitative estimate of drug-likeness (QED) is 0.745. The lowest BCUT2D eigenvalue weighted by Crippen LogP contribution is -2.05. The number of nitrogens with one attached hydrogen (secondary N) is 2. The van der Waals surface area contributed by atoms with Crippen LogP contribution in [0.1, 0.15) is 5.56 Å². The number of thiazole rings is 1. The van der Waals surface area contributed by atoms with Gasteiger partial charge in [0.2, 0.25) is 0 Å². The summed E-state index contributed by atoms with van der Waals surface area (Å²) in [6.45, 7) is 0. The Labute approximate surface area is 128 Å². The number of benzene rings is 1. The van der Waals surface area contributed by atoms with E-state index in [0.717, 1.165) is 33.3 Å². The molecule has 114 valence electrons. The molecule has 2 N–H and O–H groups in total. The van der Waals surface area contributed by atoms with Crippen LogP contribution < -0.4 is 10.6 Å². The van der Waals surface area contributed by atoms with Crippen molar-refractivity contribution in [1.29, 1.82) is 0 Å². The molecule has 0 fully saturated rings. The molecular weight excluding hydrogens is 313 g/mol. The fourth-order valence-corrected chi connectivity index (χ4v) is 2.75. The van der Waals surface area contributed by atoms with E-state index in [2.05, 4.69) is 20.6 Å². The molecule has 0 aliphatic carbocycles. The molecule has 3 rings (SSSR count). The molecule has 0 unspecified atom stereocenters. The number of hydrogen-bond donors (Lipinski definition) is 2. The molecule has 0 saturated carbocycles. The van der Waals surface area contributed by atoms with E-state index in [-0.39, 0.29) is 0 Å². The number of anilines is 3. The van der Waals surface area contributed by atoms with Gasteiger partial charge < -0.3 is 10.6 Å². The zero-order valence-electron chi connectivity index (χ0n) is 11.4. The lowest BCUT2D eigenvalue weighted by atomic mass is 10.2. The first-order valence-electron chi connectivity index (χ1n) is 6.34. The Hall–Kier alpha value is -2.35. The van der Waals surface area contributed by atoms with Crippen molar-refractivity contribution in [2.24, 2.45) is 0 Å². The summed E-state index contributed by atoms with van der Waals surface area (Å²) in [6, 6.07) is 7.84. The highest BCUT2D eigenvalue weighted by Crippen LogP contribution is 2.31. The first kappa shape index (κ1) is 14.6. The van der Waals surface area contributed by atoms with E-state index in [9.17, 15) is 13.2 Å². The smallest absolute Gasteiger partial charge is 0.365 e. The molecule has 2 heterocycles. The number of hydrogen-bond acceptors (Lipinski definition) is 5. The highest BCUT2D eigenvalue weighted by atomic mass is 32.1. The lowest BCUT2D eigenvalue weighted by Gasteiger charge is -2.08. The van der Waals surface area contributed by atoms with Crippen molar-refractivity contribution in [3.05, 3.63) is 42.1 Å². The summed E-state index contributed by atoms with van der Waals surface area (Å²) in [7, 11) is 1.79. The normalized spacial score (nSPS) is 11.6. The minimum absolute atomic E-state index is 0.353. The van der Waals surface area contributed by atoms with Gasteiger partial charge in [0.1, 0.15) is 5.82 Å². The van der Waals surface area contributed by atoms with Gasteiger partial charge >= 0.3 is 6.18 Å². The van der Waals surface area contributed by atoms with E-state index in [4.69, 9.17) is 0 Å². The van der Waals surface area contributed by atoms with Gasteiger partial charge in [-0.1, -0.05) is 11.3 Å². The van der Waals surface area contributed by atoms with E-state index in [1.54, 1.807) is 13.1 Å². The van der Waals surface area contributed by atoms with Crippen molar-refractivity contribution in [2.75, 3.05) is 17.7 Å². The largest absolute Gasteiger partial charge is 0.417 e. The third kappa shape index (κ3) is 2.96. The third-order valence-electron chi connectivity index (χ3n) is 2.97. The van der Waals surface area contributed by atoms with Crippen molar-refractivity contribution >= 4 is 38.2 Å². The molecule has 0 bridgehead atoms. The fourth-order valence-electron chi connectivity index (χ4n) is 1.89. The molecule has 0 spiro atoms. The second-order valence-electron chi connectivity index (χ2n) is 4.51. The Bertz CT molecular complexity index is 796. The van der Waals surface area contributed by atoms with Crippen LogP contribution in [0.25, 0.3) is 10.2 Å². The van der Waals surface area contributed by atoms with Crippen molar-refractivity contribution in [3.63, 3.8) is 0 Å². The van der Waals surface area contributed by atoms with Crippen molar-refractivity contribution < 1.29 is 13.2 Å². The number of alkyl halides is 3. The van der Waals surface area contributed by atoms with Gasteiger partial charge in [0.05, 0.1) is 15.8 Å². The van der Waals surface area contributed by atoms with Crippen LogP contribution in [-0.2, 0) is 6.18 Å². The Morgan fingerprint density at radius 1 is 1.14 bits per heavy atom. The first-order chi connectivity index (χ1) is 10.5. The number of rotatable bonds is 3. The number of nitrogens with zero attached hydrogens (tertiary/aromatic N) is 2. The second-order valence-corrected chi connectivity index (χ2v) is 5.54. The Balaban J connectivity index is 1.83. The molecule has 8 heteroatoms. The highest BCUT2D eigenvalue weighted by Gasteiger charge is 2.30. The van der Waals surface area contributed by atoms with Crippen LogP contribution in [0.4, 0.5) is 29.8 Å². The van der Waals surface area contributed by atoms with Gasteiger partial charge in [0, 0.05) is 18.9 Å². The molecular formula is C14H11F3N4S. The Morgan fingerprint density at radius 2 is 1.95 bits per heavy atom. The first-order valence-corrected chi connectivity index (χ1v) is 7.16. The number of fused-ring (bicyclic) bond motifs is 1. The fraction of sp³-hybridized carbons (Fsp3) is 0.143. The molecule has 0 aliphatic rings. The molecule has 4 nitrogen and oxygen atoms in total. The summed E-state index contributed by atoms with van der Waals surface area (Å²) in [5, 5.41) is 6.76. The molecule has 22 heavy (non-hydrogen) atoms. The predicted octanol–water partition coefficient (Wildman–Crippen LogP) is 4.50. The lowest BCUT2D eigenvalue weighted by molar-refractivity contribution is -0.137. The number of aromatic nitrogens is 2. The number of halogens is 3. The van der Waals surface area contributed by atoms with Crippen LogP contribution >= 0.6 is 11.3 Å². The van der Waals surface area contributed by atoms with Gasteiger partial charge in [-0.25, -0.2) is 9.97 Å². The maximum absolute atomic E-state index is 12.5. The van der Waals surface area contributed by atoms with E-state index >= 15 is 0 Å². The maximum Gasteiger partial charge on any atom is 0.417 e. The molecule has 0 atom stereocenters. The van der Waals surface area contributed by atoms with E-state index < -0.39 is 11.7 Å². The molecule has 0 saturated heterocycles. The topological polar surface area (TPSA) is 49.8 Å². The van der Waals surface area contributed by atoms with Gasteiger partial charge in [-0.05, 0) is 30.3 Å². The van der Waals surface area contributed by atoms with E-state index in [0.29, 0.717) is 5.82 Å². The SMILES string of the molecule is CNc1nc2ccc(Nc3ccc(C(F)(F)F)cn3)cc2s1.